The van der Waals surface area contributed by atoms with Crippen LogP contribution in [0.1, 0.15) is 28.1 Å². The molecule has 2 aromatic rings. The predicted octanol–water partition coefficient (Wildman–Crippen LogP) is 2.69. The van der Waals surface area contributed by atoms with E-state index in [4.69, 9.17) is 4.52 Å². The van der Waals surface area contributed by atoms with Crippen LogP contribution >= 0.6 is 0 Å². The lowest BCUT2D eigenvalue weighted by Crippen LogP contribution is -2.39. The van der Waals surface area contributed by atoms with Crippen LogP contribution in [0.3, 0.4) is 0 Å². The number of aryl methyl sites for hydroxylation is 3. The van der Waals surface area contributed by atoms with Crippen molar-refractivity contribution in [2.75, 3.05) is 20.1 Å². The maximum absolute atomic E-state index is 13.1. The van der Waals surface area contributed by atoms with Crippen molar-refractivity contribution in [3.05, 3.63) is 52.2 Å². The maximum Gasteiger partial charge on any atom is 0.190 e. The predicted molar refractivity (Wildman–Crippen MR) is 93.9 cm³/mol. The Labute approximate surface area is 142 Å². The van der Waals surface area contributed by atoms with Gasteiger partial charge in [-0.05, 0) is 56.9 Å². The van der Waals surface area contributed by atoms with Gasteiger partial charge in [0.05, 0.1) is 5.69 Å². The molecule has 0 atom stereocenters. The molecule has 0 unspecified atom stereocenters. The molecule has 5 nitrogen and oxygen atoms in total. The fraction of sp³-hybridized carbons (Fsp3) is 0.444. The molecule has 0 aliphatic heterocycles. The second kappa shape index (κ2) is 8.47. The summed E-state index contributed by atoms with van der Waals surface area (Å²) in [7, 11) is 1.74. The molecule has 2 N–H and O–H groups in total. The quantitative estimate of drug-likeness (QED) is 0.631. The van der Waals surface area contributed by atoms with Crippen LogP contribution in [-0.4, -0.2) is 31.3 Å². The Bertz CT molecular complexity index is 690. The summed E-state index contributed by atoms with van der Waals surface area (Å²) in [6, 6.07) is 4.89. The van der Waals surface area contributed by atoms with E-state index in [-0.39, 0.29) is 5.82 Å². The molecule has 0 bridgehead atoms. The Hall–Kier alpha value is -2.37. The van der Waals surface area contributed by atoms with Crippen LogP contribution in [0.2, 0.25) is 0 Å². The average Bonchev–Trinajstić information content (AvgIpc) is 2.87. The summed E-state index contributed by atoms with van der Waals surface area (Å²) in [6.45, 7) is 7.28. The van der Waals surface area contributed by atoms with Gasteiger partial charge in [0.1, 0.15) is 11.6 Å². The standard InChI is InChI=1S/C18H25FN4O/c1-12-11-16(19)6-5-15(12)7-9-21-18(20-4)22-10-8-17-13(2)23-24-14(17)3/h5-6,11H,7-10H2,1-4H3,(H2,20,21,22). The van der Waals surface area contributed by atoms with Crippen molar-refractivity contribution in [3.8, 4) is 0 Å². The molecule has 0 radical (unpaired) electrons. The molecule has 2 rings (SSSR count). The van der Waals surface area contributed by atoms with E-state index in [0.29, 0.717) is 0 Å². The lowest BCUT2D eigenvalue weighted by molar-refractivity contribution is 0.392. The van der Waals surface area contributed by atoms with Gasteiger partial charge in [-0.1, -0.05) is 11.2 Å². The normalized spacial score (nSPS) is 11.6. The summed E-state index contributed by atoms with van der Waals surface area (Å²) in [4.78, 5) is 4.21. The third-order valence-corrected chi connectivity index (χ3v) is 4.06. The molecule has 0 aliphatic carbocycles. The Balaban J connectivity index is 1.76. The highest BCUT2D eigenvalue weighted by atomic mass is 19.1. The zero-order valence-corrected chi connectivity index (χ0v) is 14.7. The zero-order valence-electron chi connectivity index (χ0n) is 14.7. The molecule has 1 aromatic heterocycles. The number of benzene rings is 1. The van der Waals surface area contributed by atoms with Crippen LogP contribution in [-0.2, 0) is 12.8 Å². The molecule has 0 amide bonds. The Morgan fingerprint density at radius 2 is 1.88 bits per heavy atom. The molecule has 0 saturated carbocycles. The fourth-order valence-electron chi connectivity index (χ4n) is 2.64. The molecule has 1 aromatic carbocycles. The number of hydrogen-bond acceptors (Lipinski definition) is 3. The molecule has 130 valence electrons. The molecule has 0 spiro atoms. The van der Waals surface area contributed by atoms with Gasteiger partial charge in [0.2, 0.25) is 0 Å². The maximum atomic E-state index is 13.1. The summed E-state index contributed by atoms with van der Waals surface area (Å²) >= 11 is 0. The van der Waals surface area contributed by atoms with Crippen molar-refractivity contribution in [2.24, 2.45) is 4.99 Å². The second-order valence-corrected chi connectivity index (χ2v) is 5.80. The van der Waals surface area contributed by atoms with E-state index >= 15 is 0 Å². The molecule has 0 aliphatic rings. The van der Waals surface area contributed by atoms with Crippen LogP contribution in [0, 0.1) is 26.6 Å². The first-order chi connectivity index (χ1) is 11.5. The number of rotatable bonds is 6. The number of aromatic nitrogens is 1. The number of aliphatic imine (C=N–C) groups is 1. The molecule has 6 heteroatoms. The van der Waals surface area contributed by atoms with E-state index in [1.54, 1.807) is 13.1 Å². The van der Waals surface area contributed by atoms with Crippen molar-refractivity contribution in [2.45, 2.75) is 33.6 Å². The lowest BCUT2D eigenvalue weighted by atomic mass is 10.1. The molecule has 0 fully saturated rings. The number of nitrogens with zero attached hydrogens (tertiary/aromatic N) is 2. The van der Waals surface area contributed by atoms with Crippen LogP contribution in [0.4, 0.5) is 4.39 Å². The molecule has 1 heterocycles. The van der Waals surface area contributed by atoms with Gasteiger partial charge in [-0.15, -0.1) is 0 Å². The number of nitrogens with one attached hydrogen (secondary N) is 2. The third-order valence-electron chi connectivity index (χ3n) is 4.06. The first-order valence-corrected chi connectivity index (χ1v) is 8.12. The van der Waals surface area contributed by atoms with Gasteiger partial charge in [0.15, 0.2) is 5.96 Å². The summed E-state index contributed by atoms with van der Waals surface area (Å²) in [5.74, 6) is 1.42. The van der Waals surface area contributed by atoms with Gasteiger partial charge in [-0.3, -0.25) is 4.99 Å². The minimum absolute atomic E-state index is 0.194. The van der Waals surface area contributed by atoms with Crippen molar-refractivity contribution in [1.29, 1.82) is 0 Å². The number of hydrogen-bond donors (Lipinski definition) is 2. The highest BCUT2D eigenvalue weighted by Gasteiger charge is 2.08. The van der Waals surface area contributed by atoms with E-state index in [1.807, 2.05) is 26.8 Å². The van der Waals surface area contributed by atoms with Gasteiger partial charge in [-0.2, -0.15) is 0 Å². The largest absolute Gasteiger partial charge is 0.361 e. The molecular formula is C18H25FN4O. The second-order valence-electron chi connectivity index (χ2n) is 5.80. The van der Waals surface area contributed by atoms with Crippen LogP contribution in [0.5, 0.6) is 0 Å². The van der Waals surface area contributed by atoms with E-state index in [1.165, 1.54) is 6.07 Å². The topological polar surface area (TPSA) is 62.5 Å². The Morgan fingerprint density at radius 1 is 1.17 bits per heavy atom. The summed E-state index contributed by atoms with van der Waals surface area (Å²) in [5, 5.41) is 10.5. The number of guanidine groups is 1. The summed E-state index contributed by atoms with van der Waals surface area (Å²) in [6.07, 6.45) is 1.65. The van der Waals surface area contributed by atoms with E-state index in [2.05, 4.69) is 20.8 Å². The van der Waals surface area contributed by atoms with E-state index in [9.17, 15) is 4.39 Å². The van der Waals surface area contributed by atoms with Crippen LogP contribution < -0.4 is 10.6 Å². The van der Waals surface area contributed by atoms with Gasteiger partial charge in [-0.25, -0.2) is 4.39 Å². The van der Waals surface area contributed by atoms with Crippen molar-refractivity contribution in [1.82, 2.24) is 15.8 Å². The van der Waals surface area contributed by atoms with Gasteiger partial charge in [0, 0.05) is 25.7 Å². The Kier molecular flexibility index (Phi) is 6.35. The minimum Gasteiger partial charge on any atom is -0.361 e. The first kappa shape index (κ1) is 18.0. The summed E-state index contributed by atoms with van der Waals surface area (Å²) < 4.78 is 18.3. The van der Waals surface area contributed by atoms with Crippen molar-refractivity contribution < 1.29 is 8.91 Å². The molecule has 24 heavy (non-hydrogen) atoms. The highest BCUT2D eigenvalue weighted by Crippen LogP contribution is 2.12. The average molecular weight is 332 g/mol. The van der Waals surface area contributed by atoms with Crippen LogP contribution in [0.25, 0.3) is 0 Å². The van der Waals surface area contributed by atoms with Gasteiger partial charge < -0.3 is 15.2 Å². The number of halogens is 1. The Morgan fingerprint density at radius 3 is 2.46 bits per heavy atom. The third kappa shape index (κ3) is 4.81. The minimum atomic E-state index is -0.194. The lowest BCUT2D eigenvalue weighted by Gasteiger charge is -2.12. The summed E-state index contributed by atoms with van der Waals surface area (Å²) in [5.41, 5.74) is 4.18. The first-order valence-electron chi connectivity index (χ1n) is 8.12. The van der Waals surface area contributed by atoms with Crippen molar-refractivity contribution in [3.63, 3.8) is 0 Å². The monoisotopic (exact) mass is 332 g/mol. The van der Waals surface area contributed by atoms with Crippen molar-refractivity contribution >= 4 is 5.96 Å². The fourth-order valence-corrected chi connectivity index (χ4v) is 2.64. The van der Waals surface area contributed by atoms with E-state index in [0.717, 1.165) is 60.0 Å². The van der Waals surface area contributed by atoms with Gasteiger partial charge in [0.25, 0.3) is 0 Å². The SMILES string of the molecule is CN=C(NCCc1ccc(F)cc1C)NCCc1c(C)noc1C. The zero-order chi connectivity index (χ0) is 17.5. The molecule has 0 saturated heterocycles. The molecular weight excluding hydrogens is 307 g/mol. The smallest absolute Gasteiger partial charge is 0.190 e. The van der Waals surface area contributed by atoms with Crippen LogP contribution in [0.15, 0.2) is 27.7 Å². The van der Waals surface area contributed by atoms with E-state index < -0.39 is 0 Å². The van der Waals surface area contributed by atoms with Gasteiger partial charge >= 0.3 is 0 Å². The highest BCUT2D eigenvalue weighted by molar-refractivity contribution is 5.79.